The Balaban J connectivity index is 1.64. The first-order valence-corrected chi connectivity index (χ1v) is 8.63. The number of carbonyl (C=O) groups is 1. The van der Waals surface area contributed by atoms with Gasteiger partial charge in [0.25, 0.3) is 0 Å². The van der Waals surface area contributed by atoms with Gasteiger partial charge in [-0.25, -0.2) is 4.39 Å². The molecule has 7 heteroatoms. The third-order valence-corrected chi connectivity index (χ3v) is 4.85. The van der Waals surface area contributed by atoms with Crippen molar-refractivity contribution in [2.75, 3.05) is 29.9 Å². The SMILES string of the molecule is Cn1cc([C@H]2CSCCN2CC(=O)Nc2ccc(F)cc2)cn1. The van der Waals surface area contributed by atoms with Crippen LogP contribution in [-0.2, 0) is 11.8 Å². The Morgan fingerprint density at radius 1 is 1.43 bits per heavy atom. The van der Waals surface area contributed by atoms with Crippen LogP contribution < -0.4 is 5.32 Å². The number of nitrogens with zero attached hydrogens (tertiary/aromatic N) is 3. The number of nitrogens with one attached hydrogen (secondary N) is 1. The average molecular weight is 334 g/mol. The van der Waals surface area contributed by atoms with Gasteiger partial charge in [-0.1, -0.05) is 0 Å². The second kappa shape index (κ2) is 7.14. The summed E-state index contributed by atoms with van der Waals surface area (Å²) in [6.07, 6.45) is 3.86. The van der Waals surface area contributed by atoms with Crippen LogP contribution in [0.3, 0.4) is 0 Å². The summed E-state index contributed by atoms with van der Waals surface area (Å²) < 4.78 is 14.7. The standard InChI is InChI=1S/C16H19FN4OS/c1-20-9-12(8-18-20)15-11-23-7-6-21(15)10-16(22)19-14-4-2-13(17)3-5-14/h2-5,8-9,15H,6-7,10-11H2,1H3,(H,19,22)/t15-/m1/s1. The van der Waals surface area contributed by atoms with E-state index in [1.54, 1.807) is 16.8 Å². The Morgan fingerprint density at radius 3 is 2.91 bits per heavy atom. The summed E-state index contributed by atoms with van der Waals surface area (Å²) in [5.74, 6) is 1.57. The number of hydrogen-bond acceptors (Lipinski definition) is 4. The molecule has 1 aliphatic heterocycles. The molecular weight excluding hydrogens is 315 g/mol. The lowest BCUT2D eigenvalue weighted by Gasteiger charge is -2.34. The highest BCUT2D eigenvalue weighted by Crippen LogP contribution is 2.29. The van der Waals surface area contributed by atoms with Crippen molar-refractivity contribution in [2.45, 2.75) is 6.04 Å². The quantitative estimate of drug-likeness (QED) is 0.932. The largest absolute Gasteiger partial charge is 0.325 e. The molecule has 3 rings (SSSR count). The van der Waals surface area contributed by atoms with Gasteiger partial charge < -0.3 is 5.32 Å². The monoisotopic (exact) mass is 334 g/mol. The van der Waals surface area contributed by atoms with Crippen LogP contribution in [-0.4, -0.2) is 45.2 Å². The van der Waals surface area contributed by atoms with Crippen molar-refractivity contribution < 1.29 is 9.18 Å². The molecule has 1 amide bonds. The zero-order valence-corrected chi connectivity index (χ0v) is 13.7. The smallest absolute Gasteiger partial charge is 0.238 e. The molecular formula is C16H19FN4OS. The van der Waals surface area contributed by atoms with Crippen molar-refractivity contribution in [3.8, 4) is 0 Å². The third-order valence-electron chi connectivity index (χ3n) is 3.82. The first kappa shape index (κ1) is 16.0. The predicted octanol–water partition coefficient (Wildman–Crippen LogP) is 2.29. The zero-order valence-electron chi connectivity index (χ0n) is 12.9. The molecule has 1 atom stereocenters. The Hall–Kier alpha value is -1.86. The number of amides is 1. The fraction of sp³-hybridized carbons (Fsp3) is 0.375. The van der Waals surface area contributed by atoms with E-state index in [-0.39, 0.29) is 17.8 Å². The van der Waals surface area contributed by atoms with Crippen LogP contribution in [0.5, 0.6) is 0 Å². The zero-order chi connectivity index (χ0) is 16.2. The Kier molecular flexibility index (Phi) is 4.97. The number of aryl methyl sites for hydroxylation is 1. The lowest BCUT2D eigenvalue weighted by atomic mass is 10.1. The van der Waals surface area contributed by atoms with Crippen LogP contribution in [0.1, 0.15) is 11.6 Å². The fourth-order valence-corrected chi connectivity index (χ4v) is 3.82. The number of halogens is 1. The minimum absolute atomic E-state index is 0.0857. The summed E-state index contributed by atoms with van der Waals surface area (Å²) in [7, 11) is 1.89. The van der Waals surface area contributed by atoms with Crippen molar-refractivity contribution >= 4 is 23.4 Å². The van der Waals surface area contributed by atoms with Gasteiger partial charge in [-0.05, 0) is 24.3 Å². The second-order valence-corrected chi connectivity index (χ2v) is 6.71. The minimum Gasteiger partial charge on any atom is -0.325 e. The van der Waals surface area contributed by atoms with Gasteiger partial charge in [0.15, 0.2) is 0 Å². The average Bonchev–Trinajstić information content (AvgIpc) is 2.96. The molecule has 122 valence electrons. The number of hydrogen-bond donors (Lipinski definition) is 1. The Labute approximate surface area is 138 Å². The molecule has 2 heterocycles. The molecule has 1 saturated heterocycles. The van der Waals surface area contributed by atoms with Crippen LogP contribution in [0.2, 0.25) is 0 Å². The van der Waals surface area contributed by atoms with E-state index in [0.29, 0.717) is 12.2 Å². The predicted molar refractivity (Wildman–Crippen MR) is 89.9 cm³/mol. The molecule has 1 aliphatic rings. The molecule has 0 bridgehead atoms. The number of benzene rings is 1. The molecule has 1 fully saturated rings. The third kappa shape index (κ3) is 4.11. The van der Waals surface area contributed by atoms with Crippen LogP contribution in [0.4, 0.5) is 10.1 Å². The van der Waals surface area contributed by atoms with Gasteiger partial charge in [0, 0.05) is 48.6 Å². The Morgan fingerprint density at radius 2 is 2.22 bits per heavy atom. The van der Waals surface area contributed by atoms with Crippen LogP contribution in [0, 0.1) is 5.82 Å². The molecule has 23 heavy (non-hydrogen) atoms. The van der Waals surface area contributed by atoms with Gasteiger partial charge in [0.1, 0.15) is 5.82 Å². The van der Waals surface area contributed by atoms with Crippen molar-refractivity contribution in [1.29, 1.82) is 0 Å². The van der Waals surface area contributed by atoms with Crippen molar-refractivity contribution in [3.63, 3.8) is 0 Å². The number of aromatic nitrogens is 2. The summed E-state index contributed by atoms with van der Waals surface area (Å²) in [4.78, 5) is 14.4. The molecule has 1 aromatic heterocycles. The Bertz CT molecular complexity index is 673. The molecule has 2 aromatic rings. The lowest BCUT2D eigenvalue weighted by Crippen LogP contribution is -2.41. The van der Waals surface area contributed by atoms with Crippen LogP contribution >= 0.6 is 11.8 Å². The van der Waals surface area contributed by atoms with Gasteiger partial charge in [0.05, 0.1) is 12.7 Å². The first-order valence-electron chi connectivity index (χ1n) is 7.47. The highest BCUT2D eigenvalue weighted by atomic mass is 32.2. The van der Waals surface area contributed by atoms with E-state index in [2.05, 4.69) is 15.3 Å². The number of carbonyl (C=O) groups excluding carboxylic acids is 1. The van der Waals surface area contributed by atoms with Crippen LogP contribution in [0.25, 0.3) is 0 Å². The fourth-order valence-electron chi connectivity index (χ4n) is 2.66. The second-order valence-electron chi connectivity index (χ2n) is 5.56. The van der Waals surface area contributed by atoms with E-state index in [4.69, 9.17) is 0 Å². The summed E-state index contributed by atoms with van der Waals surface area (Å²) in [5, 5.41) is 7.04. The van der Waals surface area contributed by atoms with E-state index < -0.39 is 0 Å². The van der Waals surface area contributed by atoms with Crippen LogP contribution in [0.15, 0.2) is 36.7 Å². The maximum absolute atomic E-state index is 12.9. The molecule has 1 aromatic carbocycles. The normalized spacial score (nSPS) is 18.8. The van der Waals surface area contributed by atoms with Crippen molar-refractivity contribution in [2.24, 2.45) is 7.05 Å². The summed E-state index contributed by atoms with van der Waals surface area (Å²) in [6, 6.07) is 6.01. The van der Waals surface area contributed by atoms with Gasteiger partial charge in [0.2, 0.25) is 5.91 Å². The molecule has 0 saturated carbocycles. The van der Waals surface area contributed by atoms with E-state index in [9.17, 15) is 9.18 Å². The van der Waals surface area contributed by atoms with E-state index >= 15 is 0 Å². The van der Waals surface area contributed by atoms with Crippen molar-refractivity contribution in [3.05, 3.63) is 48.0 Å². The molecule has 0 aliphatic carbocycles. The van der Waals surface area contributed by atoms with E-state index in [1.165, 1.54) is 12.1 Å². The van der Waals surface area contributed by atoms with Gasteiger partial charge in [-0.2, -0.15) is 16.9 Å². The number of anilines is 1. The molecule has 5 nitrogen and oxygen atoms in total. The topological polar surface area (TPSA) is 50.2 Å². The number of rotatable bonds is 4. The van der Waals surface area contributed by atoms with E-state index in [0.717, 1.165) is 23.6 Å². The van der Waals surface area contributed by atoms with Gasteiger partial charge in [-0.15, -0.1) is 0 Å². The lowest BCUT2D eigenvalue weighted by molar-refractivity contribution is -0.117. The van der Waals surface area contributed by atoms with Crippen molar-refractivity contribution in [1.82, 2.24) is 14.7 Å². The first-order chi connectivity index (χ1) is 11.1. The summed E-state index contributed by atoms with van der Waals surface area (Å²) >= 11 is 1.89. The van der Waals surface area contributed by atoms with Gasteiger partial charge in [-0.3, -0.25) is 14.4 Å². The molecule has 1 N–H and O–H groups in total. The molecule has 0 spiro atoms. The minimum atomic E-state index is -0.312. The van der Waals surface area contributed by atoms with Gasteiger partial charge >= 0.3 is 0 Å². The highest BCUT2D eigenvalue weighted by Gasteiger charge is 2.26. The summed E-state index contributed by atoms with van der Waals surface area (Å²) in [6.45, 7) is 1.18. The molecule has 0 radical (unpaired) electrons. The summed E-state index contributed by atoms with van der Waals surface area (Å²) in [5.41, 5.74) is 1.75. The maximum atomic E-state index is 12.9. The maximum Gasteiger partial charge on any atom is 0.238 e. The number of thioether (sulfide) groups is 1. The highest BCUT2D eigenvalue weighted by molar-refractivity contribution is 7.99. The van der Waals surface area contributed by atoms with E-state index in [1.807, 2.05) is 31.2 Å². The molecule has 0 unspecified atom stereocenters.